The first-order chi connectivity index (χ1) is 13.3. The summed E-state index contributed by atoms with van der Waals surface area (Å²) in [6, 6.07) is 0. The molecule has 0 bridgehead atoms. The fourth-order valence-electron chi connectivity index (χ4n) is 3.68. The number of nitrogens with zero attached hydrogens (tertiary/aromatic N) is 3. The minimum Gasteiger partial charge on any atom is -0.342 e. The van der Waals surface area contributed by atoms with Crippen LogP contribution in [0.25, 0.3) is 10.2 Å². The van der Waals surface area contributed by atoms with Crippen LogP contribution < -0.4 is 5.56 Å². The monoisotopic (exact) mass is 421 g/mol. The highest BCUT2D eigenvalue weighted by atomic mass is 32.2. The Kier molecular flexibility index (Phi) is 6.86. The van der Waals surface area contributed by atoms with E-state index in [0.717, 1.165) is 46.6 Å². The number of likely N-dealkylation sites (tertiary alicyclic amines) is 1. The lowest BCUT2D eigenvalue weighted by molar-refractivity contribution is -0.130. The Morgan fingerprint density at radius 3 is 2.39 bits per heavy atom. The molecule has 1 aliphatic rings. The molecule has 1 aliphatic heterocycles. The topological polar surface area (TPSA) is 55.2 Å². The zero-order chi connectivity index (χ0) is 20.4. The van der Waals surface area contributed by atoms with Gasteiger partial charge in [-0.05, 0) is 45.1 Å². The lowest BCUT2D eigenvalue weighted by Crippen LogP contribution is -2.37. The van der Waals surface area contributed by atoms with E-state index < -0.39 is 0 Å². The fraction of sp³-hybridized carbons (Fsp3) is 0.667. The summed E-state index contributed by atoms with van der Waals surface area (Å²) in [5.74, 6) is 0.490. The Balaban J connectivity index is 1.94. The molecule has 0 aromatic carbocycles. The van der Waals surface area contributed by atoms with Crippen LogP contribution in [0.1, 0.15) is 56.9 Å². The summed E-state index contributed by atoms with van der Waals surface area (Å²) in [5.41, 5.74) is 1.05. The van der Waals surface area contributed by atoms with Crippen LogP contribution in [-0.2, 0) is 11.3 Å². The van der Waals surface area contributed by atoms with Gasteiger partial charge in [-0.2, -0.15) is 0 Å². The van der Waals surface area contributed by atoms with Crippen molar-refractivity contribution in [2.75, 3.05) is 13.1 Å². The molecule has 1 saturated heterocycles. The third-order valence-electron chi connectivity index (χ3n) is 5.35. The first-order valence-corrected chi connectivity index (χ1v) is 11.9. The van der Waals surface area contributed by atoms with Crippen LogP contribution in [0.3, 0.4) is 0 Å². The second-order valence-corrected chi connectivity index (χ2v) is 10.7. The summed E-state index contributed by atoms with van der Waals surface area (Å²) >= 11 is 3.00. The summed E-state index contributed by atoms with van der Waals surface area (Å²) in [5, 5.41) is 1.16. The van der Waals surface area contributed by atoms with Gasteiger partial charge in [-0.15, -0.1) is 11.3 Å². The van der Waals surface area contributed by atoms with E-state index in [4.69, 9.17) is 4.98 Å². The van der Waals surface area contributed by atoms with Gasteiger partial charge >= 0.3 is 0 Å². The molecule has 0 unspecified atom stereocenters. The Morgan fingerprint density at radius 2 is 1.79 bits per heavy atom. The van der Waals surface area contributed by atoms with Gasteiger partial charge < -0.3 is 4.90 Å². The normalized spacial score (nSPS) is 16.6. The molecule has 2 aromatic rings. The Hall–Kier alpha value is -1.34. The molecule has 1 atom stereocenters. The molecular weight excluding hydrogens is 390 g/mol. The number of carbonyl (C=O) groups is 1. The van der Waals surface area contributed by atoms with Crippen LogP contribution >= 0.6 is 23.1 Å². The summed E-state index contributed by atoms with van der Waals surface area (Å²) < 4.78 is 1.78. The number of aromatic nitrogens is 2. The molecule has 3 heterocycles. The van der Waals surface area contributed by atoms with Crippen LogP contribution in [0.15, 0.2) is 9.95 Å². The van der Waals surface area contributed by atoms with E-state index in [1.54, 1.807) is 15.9 Å². The van der Waals surface area contributed by atoms with Gasteiger partial charge in [0.15, 0.2) is 5.16 Å². The number of rotatable bonds is 5. The molecule has 0 saturated carbocycles. The van der Waals surface area contributed by atoms with Gasteiger partial charge in [-0.1, -0.05) is 38.5 Å². The summed E-state index contributed by atoms with van der Waals surface area (Å²) in [7, 11) is 0. The van der Waals surface area contributed by atoms with Crippen LogP contribution in [0.5, 0.6) is 0 Å². The number of fused-ring (bicyclic) bond motifs is 1. The van der Waals surface area contributed by atoms with Crippen LogP contribution in [0.4, 0.5) is 0 Å². The Labute approximate surface area is 175 Å². The maximum atomic E-state index is 13.2. The van der Waals surface area contributed by atoms with Crippen molar-refractivity contribution < 1.29 is 4.79 Å². The maximum absolute atomic E-state index is 13.2. The van der Waals surface area contributed by atoms with Gasteiger partial charge in [-0.25, -0.2) is 4.98 Å². The highest BCUT2D eigenvalue weighted by Crippen LogP contribution is 2.30. The standard InChI is InChI=1S/C21H31N3O2S2/c1-13(2)12-24-20(26)17-14(3)15(4)27-18(17)22-21(24)28-16(5)19(25)23-10-8-6-7-9-11-23/h13,16H,6-12H2,1-5H3/t16-/m1/s1. The molecule has 5 nitrogen and oxygen atoms in total. The molecular formula is C21H31N3O2S2. The molecule has 3 rings (SSSR count). The van der Waals surface area contributed by atoms with E-state index in [0.29, 0.717) is 17.6 Å². The number of thioether (sulfide) groups is 1. The average molecular weight is 422 g/mol. The highest BCUT2D eigenvalue weighted by Gasteiger charge is 2.25. The number of carbonyl (C=O) groups excluding carboxylic acids is 1. The number of amides is 1. The van der Waals surface area contributed by atoms with Gasteiger partial charge in [-0.3, -0.25) is 14.2 Å². The SMILES string of the molecule is Cc1sc2nc(S[C@H](C)C(=O)N3CCCCCC3)n(CC(C)C)c(=O)c2c1C. The minimum absolute atomic E-state index is 0.0254. The molecule has 28 heavy (non-hydrogen) atoms. The molecule has 0 radical (unpaired) electrons. The van der Waals surface area contributed by atoms with Crippen molar-refractivity contribution in [2.24, 2.45) is 5.92 Å². The second-order valence-electron chi connectivity index (χ2n) is 8.17. The van der Waals surface area contributed by atoms with Crippen LogP contribution in [-0.4, -0.2) is 38.7 Å². The summed E-state index contributed by atoms with van der Waals surface area (Å²) in [4.78, 5) is 35.0. The van der Waals surface area contributed by atoms with Crippen molar-refractivity contribution >= 4 is 39.2 Å². The van der Waals surface area contributed by atoms with Gasteiger partial charge in [0.05, 0.1) is 10.6 Å². The van der Waals surface area contributed by atoms with Crippen molar-refractivity contribution in [3.63, 3.8) is 0 Å². The minimum atomic E-state index is -0.247. The number of hydrogen-bond acceptors (Lipinski definition) is 5. The predicted octanol–water partition coefficient (Wildman–Crippen LogP) is 4.61. The molecule has 1 amide bonds. The van der Waals surface area contributed by atoms with E-state index in [-0.39, 0.29) is 16.7 Å². The van der Waals surface area contributed by atoms with Gasteiger partial charge in [0, 0.05) is 24.5 Å². The van der Waals surface area contributed by atoms with Gasteiger partial charge in [0.25, 0.3) is 5.56 Å². The lowest BCUT2D eigenvalue weighted by atomic mass is 10.2. The average Bonchev–Trinajstić information content (AvgIpc) is 2.83. The Bertz CT molecular complexity index is 908. The van der Waals surface area contributed by atoms with Gasteiger partial charge in [0.2, 0.25) is 5.91 Å². The molecule has 0 N–H and O–H groups in total. The largest absolute Gasteiger partial charge is 0.342 e. The summed E-state index contributed by atoms with van der Waals surface area (Å²) in [6.45, 7) is 12.5. The smallest absolute Gasteiger partial charge is 0.263 e. The van der Waals surface area contributed by atoms with Crippen molar-refractivity contribution in [3.8, 4) is 0 Å². The number of aryl methyl sites for hydroxylation is 2. The van der Waals surface area contributed by atoms with Crippen LogP contribution in [0.2, 0.25) is 0 Å². The van der Waals surface area contributed by atoms with Crippen molar-refractivity contribution in [1.82, 2.24) is 14.5 Å². The quantitative estimate of drug-likeness (QED) is 0.522. The maximum Gasteiger partial charge on any atom is 0.263 e. The molecule has 1 fully saturated rings. The van der Waals surface area contributed by atoms with Gasteiger partial charge in [0.1, 0.15) is 4.83 Å². The van der Waals surface area contributed by atoms with Crippen molar-refractivity contribution in [2.45, 2.75) is 77.3 Å². The molecule has 2 aromatic heterocycles. The van der Waals surface area contributed by atoms with E-state index in [2.05, 4.69) is 13.8 Å². The number of hydrogen-bond donors (Lipinski definition) is 0. The Morgan fingerprint density at radius 1 is 1.14 bits per heavy atom. The first-order valence-electron chi connectivity index (χ1n) is 10.3. The molecule has 154 valence electrons. The van der Waals surface area contributed by atoms with Crippen molar-refractivity contribution in [3.05, 3.63) is 20.8 Å². The molecule has 0 spiro atoms. The van der Waals surface area contributed by atoms with Crippen LogP contribution in [0, 0.1) is 19.8 Å². The number of thiophene rings is 1. The predicted molar refractivity (Wildman–Crippen MR) is 119 cm³/mol. The van der Waals surface area contributed by atoms with E-state index in [9.17, 15) is 9.59 Å². The summed E-state index contributed by atoms with van der Waals surface area (Å²) in [6.07, 6.45) is 4.57. The van der Waals surface area contributed by atoms with E-state index in [1.165, 1.54) is 24.6 Å². The fourth-order valence-corrected chi connectivity index (χ4v) is 5.75. The third kappa shape index (κ3) is 4.46. The lowest BCUT2D eigenvalue weighted by Gasteiger charge is -2.24. The van der Waals surface area contributed by atoms with E-state index in [1.807, 2.05) is 25.7 Å². The first kappa shape index (κ1) is 21.4. The zero-order valence-electron chi connectivity index (χ0n) is 17.6. The molecule has 7 heteroatoms. The van der Waals surface area contributed by atoms with Crippen molar-refractivity contribution in [1.29, 1.82) is 0 Å². The third-order valence-corrected chi connectivity index (χ3v) is 7.53. The molecule has 0 aliphatic carbocycles. The second kappa shape index (κ2) is 8.99. The van der Waals surface area contributed by atoms with E-state index >= 15 is 0 Å². The zero-order valence-corrected chi connectivity index (χ0v) is 19.2. The highest BCUT2D eigenvalue weighted by molar-refractivity contribution is 8.00.